The average Bonchev–Trinajstić information content (AvgIpc) is 3.28. The molecule has 2 saturated heterocycles. The molecule has 170 valence electrons. The van der Waals surface area contributed by atoms with Crippen molar-refractivity contribution in [3.8, 4) is 11.5 Å². The molecule has 30 heavy (non-hydrogen) atoms. The molecule has 1 atom stereocenters. The highest BCUT2D eigenvalue weighted by atomic mass is 16.5. The second-order valence-electron chi connectivity index (χ2n) is 9.23. The largest absolute Gasteiger partial charge is 0.493 e. The minimum atomic E-state index is -0.529. The molecular weight excluding hydrogens is 378 g/mol. The predicted octanol–water partition coefficient (Wildman–Crippen LogP) is 2.84. The molecule has 2 heterocycles. The van der Waals surface area contributed by atoms with Crippen LogP contribution in [0.15, 0.2) is 18.2 Å². The Kier molecular flexibility index (Phi) is 8.81. The number of ether oxygens (including phenoxy) is 2. The molecule has 0 amide bonds. The summed E-state index contributed by atoms with van der Waals surface area (Å²) in [6.07, 6.45) is 4.78. The zero-order valence-electron chi connectivity index (χ0n) is 19.3. The van der Waals surface area contributed by atoms with E-state index >= 15 is 0 Å². The van der Waals surface area contributed by atoms with E-state index in [9.17, 15) is 5.11 Å². The van der Waals surface area contributed by atoms with E-state index in [0.29, 0.717) is 18.3 Å². The fourth-order valence-corrected chi connectivity index (χ4v) is 4.52. The number of aliphatic hydroxyl groups excluding tert-OH is 1. The lowest BCUT2D eigenvalue weighted by atomic mass is 10.0. The molecule has 0 radical (unpaired) electrons. The summed E-state index contributed by atoms with van der Waals surface area (Å²) in [6.45, 7) is 11.0. The molecule has 6 nitrogen and oxygen atoms in total. The molecule has 2 aliphatic rings. The van der Waals surface area contributed by atoms with E-state index in [1.165, 1.54) is 44.3 Å². The Bertz CT molecular complexity index is 641. The number of nitrogens with zero attached hydrogens (tertiary/aromatic N) is 3. The van der Waals surface area contributed by atoms with Crippen molar-refractivity contribution in [1.82, 2.24) is 14.7 Å². The molecule has 0 saturated carbocycles. The number of benzene rings is 1. The van der Waals surface area contributed by atoms with E-state index in [4.69, 9.17) is 9.47 Å². The number of rotatable bonds is 10. The van der Waals surface area contributed by atoms with Crippen molar-refractivity contribution in [2.24, 2.45) is 0 Å². The number of aliphatic hydroxyl groups is 1. The van der Waals surface area contributed by atoms with Gasteiger partial charge in [-0.1, -0.05) is 6.07 Å². The van der Waals surface area contributed by atoms with Crippen LogP contribution in [0, 0.1) is 0 Å². The zero-order chi connectivity index (χ0) is 21.5. The van der Waals surface area contributed by atoms with E-state index in [-0.39, 0.29) is 6.61 Å². The second-order valence-corrected chi connectivity index (χ2v) is 9.23. The molecule has 0 bridgehead atoms. The molecule has 1 aromatic carbocycles. The maximum atomic E-state index is 10.2. The van der Waals surface area contributed by atoms with Gasteiger partial charge in [0, 0.05) is 25.2 Å². The van der Waals surface area contributed by atoms with Crippen molar-refractivity contribution in [2.75, 3.05) is 53.5 Å². The highest BCUT2D eigenvalue weighted by Gasteiger charge is 2.26. The van der Waals surface area contributed by atoms with Crippen molar-refractivity contribution in [3.63, 3.8) is 0 Å². The van der Waals surface area contributed by atoms with Gasteiger partial charge in [-0.05, 0) is 90.5 Å². The quantitative estimate of drug-likeness (QED) is 0.629. The highest BCUT2D eigenvalue weighted by Crippen LogP contribution is 2.29. The van der Waals surface area contributed by atoms with Crippen molar-refractivity contribution in [1.29, 1.82) is 0 Å². The average molecular weight is 420 g/mol. The fraction of sp³-hybridized carbons (Fsp3) is 0.750. The van der Waals surface area contributed by atoms with Crippen molar-refractivity contribution >= 4 is 0 Å². The minimum Gasteiger partial charge on any atom is -0.493 e. The Morgan fingerprint density at radius 1 is 1.10 bits per heavy atom. The van der Waals surface area contributed by atoms with Crippen LogP contribution in [0.3, 0.4) is 0 Å². The first kappa shape index (κ1) is 23.3. The number of methoxy groups -OCH3 is 1. The molecule has 0 spiro atoms. The third-order valence-electron chi connectivity index (χ3n) is 6.66. The summed E-state index contributed by atoms with van der Waals surface area (Å²) in [5.41, 5.74) is 1.25. The predicted molar refractivity (Wildman–Crippen MR) is 121 cm³/mol. The van der Waals surface area contributed by atoms with Gasteiger partial charge in [-0.2, -0.15) is 0 Å². The number of piperidine rings is 1. The van der Waals surface area contributed by atoms with Crippen molar-refractivity contribution in [2.45, 2.75) is 64.3 Å². The maximum Gasteiger partial charge on any atom is 0.161 e. The third-order valence-corrected chi connectivity index (χ3v) is 6.66. The smallest absolute Gasteiger partial charge is 0.161 e. The Morgan fingerprint density at radius 3 is 2.43 bits per heavy atom. The number of hydrogen-bond acceptors (Lipinski definition) is 6. The molecule has 1 unspecified atom stereocenters. The van der Waals surface area contributed by atoms with Gasteiger partial charge in [-0.3, -0.25) is 4.90 Å². The van der Waals surface area contributed by atoms with E-state index in [1.54, 1.807) is 7.11 Å². The summed E-state index contributed by atoms with van der Waals surface area (Å²) in [5.74, 6) is 1.43. The van der Waals surface area contributed by atoms with Gasteiger partial charge < -0.3 is 24.4 Å². The van der Waals surface area contributed by atoms with Crippen LogP contribution in [0.4, 0.5) is 0 Å². The Balaban J connectivity index is 1.48. The summed E-state index contributed by atoms with van der Waals surface area (Å²) in [5, 5.41) is 10.2. The molecule has 0 aliphatic carbocycles. The first-order valence-electron chi connectivity index (χ1n) is 11.6. The molecule has 6 heteroatoms. The zero-order valence-corrected chi connectivity index (χ0v) is 19.3. The van der Waals surface area contributed by atoms with Crippen molar-refractivity contribution in [3.05, 3.63) is 23.8 Å². The summed E-state index contributed by atoms with van der Waals surface area (Å²) >= 11 is 0. The summed E-state index contributed by atoms with van der Waals surface area (Å²) < 4.78 is 11.4. The van der Waals surface area contributed by atoms with Gasteiger partial charge >= 0.3 is 0 Å². The van der Waals surface area contributed by atoms with Crippen LogP contribution in [-0.2, 0) is 6.54 Å². The number of likely N-dealkylation sites (tertiary alicyclic amines) is 2. The van der Waals surface area contributed by atoms with Gasteiger partial charge in [-0.25, -0.2) is 0 Å². The van der Waals surface area contributed by atoms with E-state index in [0.717, 1.165) is 31.4 Å². The molecule has 0 aromatic heterocycles. The van der Waals surface area contributed by atoms with Crippen LogP contribution in [0.25, 0.3) is 0 Å². The fourth-order valence-electron chi connectivity index (χ4n) is 4.52. The summed E-state index contributed by atoms with van der Waals surface area (Å²) in [6, 6.07) is 7.36. The highest BCUT2D eigenvalue weighted by molar-refractivity contribution is 5.43. The first-order chi connectivity index (χ1) is 14.5. The topological polar surface area (TPSA) is 48.4 Å². The van der Waals surface area contributed by atoms with Gasteiger partial charge in [0.05, 0.1) is 7.11 Å². The Labute approximate surface area is 182 Å². The van der Waals surface area contributed by atoms with E-state index in [1.807, 2.05) is 13.1 Å². The summed E-state index contributed by atoms with van der Waals surface area (Å²) in [7, 11) is 3.69. The minimum absolute atomic E-state index is 0.261. The maximum absolute atomic E-state index is 10.2. The van der Waals surface area contributed by atoms with Crippen LogP contribution < -0.4 is 9.47 Å². The van der Waals surface area contributed by atoms with Crippen LogP contribution >= 0.6 is 0 Å². The molecule has 3 rings (SSSR count). The van der Waals surface area contributed by atoms with Crippen LogP contribution in [-0.4, -0.2) is 91.5 Å². The van der Waals surface area contributed by atoms with Gasteiger partial charge in [0.25, 0.3) is 0 Å². The van der Waals surface area contributed by atoms with Crippen LogP contribution in [0.5, 0.6) is 11.5 Å². The lowest BCUT2D eigenvalue weighted by Crippen LogP contribution is -2.43. The number of hydrogen-bond donors (Lipinski definition) is 1. The molecule has 1 N–H and O–H groups in total. The molecular formula is C24H41N3O3. The molecule has 1 aromatic rings. The monoisotopic (exact) mass is 419 g/mol. The Morgan fingerprint density at radius 2 is 1.80 bits per heavy atom. The normalized spacial score (nSPS) is 20.2. The Hall–Kier alpha value is -1.34. The van der Waals surface area contributed by atoms with Crippen LogP contribution in [0.2, 0.25) is 0 Å². The van der Waals surface area contributed by atoms with Gasteiger partial charge in [-0.15, -0.1) is 0 Å². The van der Waals surface area contributed by atoms with E-state index in [2.05, 4.69) is 40.7 Å². The lowest BCUT2D eigenvalue weighted by Gasteiger charge is -2.36. The molecule has 2 aliphatic heterocycles. The molecule has 2 fully saturated rings. The SMILES string of the molecule is COc1cc(CN2CCC(N3CCCC3)CC2)ccc1OCC(O)CN(C)C(C)C. The van der Waals surface area contributed by atoms with Crippen LogP contribution in [0.1, 0.15) is 45.1 Å². The van der Waals surface area contributed by atoms with E-state index < -0.39 is 6.10 Å². The van der Waals surface area contributed by atoms with Gasteiger partial charge in [0.15, 0.2) is 11.5 Å². The standard InChI is InChI=1S/C24H41N3O3/c1-19(2)25(3)17-22(28)18-30-23-8-7-20(15-24(23)29-4)16-26-13-9-21(10-14-26)27-11-5-6-12-27/h7-8,15,19,21-22,28H,5-6,9-14,16-18H2,1-4H3. The summed E-state index contributed by atoms with van der Waals surface area (Å²) in [4.78, 5) is 7.36. The first-order valence-corrected chi connectivity index (χ1v) is 11.6. The van der Waals surface area contributed by atoms with Gasteiger partial charge in [0.2, 0.25) is 0 Å². The van der Waals surface area contributed by atoms with Gasteiger partial charge in [0.1, 0.15) is 12.7 Å². The third kappa shape index (κ3) is 6.58. The number of likely N-dealkylation sites (N-methyl/N-ethyl adjacent to an activating group) is 1. The second kappa shape index (κ2) is 11.3. The van der Waals surface area contributed by atoms with Crippen molar-refractivity contribution < 1.29 is 14.6 Å². The lowest BCUT2D eigenvalue weighted by molar-refractivity contribution is 0.0668.